The van der Waals surface area contributed by atoms with Crippen LogP contribution in [0, 0.1) is 0 Å². The Morgan fingerprint density at radius 3 is 3.00 bits per heavy atom. The van der Waals surface area contributed by atoms with E-state index in [9.17, 15) is 0 Å². The van der Waals surface area contributed by atoms with E-state index in [1.54, 1.807) is 5.57 Å². The maximum atomic E-state index is 3.71. The van der Waals surface area contributed by atoms with E-state index in [0.717, 1.165) is 11.8 Å². The van der Waals surface area contributed by atoms with Crippen LogP contribution in [0.1, 0.15) is 45.4 Å². The van der Waals surface area contributed by atoms with Crippen molar-refractivity contribution in [2.24, 2.45) is 0 Å². The minimum absolute atomic E-state index is 0.683. The summed E-state index contributed by atoms with van der Waals surface area (Å²) in [6.45, 7) is 3.34. The van der Waals surface area contributed by atoms with E-state index >= 15 is 0 Å². The Balaban J connectivity index is 2.00. The molecule has 2 unspecified atom stereocenters. The Kier molecular flexibility index (Phi) is 4.58. The Labute approximate surface area is 98.1 Å². The van der Waals surface area contributed by atoms with Crippen molar-refractivity contribution in [1.29, 1.82) is 0 Å². The molecule has 0 radical (unpaired) electrons. The zero-order valence-electron chi connectivity index (χ0n) is 9.80. The fourth-order valence-corrected chi connectivity index (χ4v) is 4.17. The molecular weight excluding hydrogens is 202 g/mol. The normalized spacial score (nSPS) is 28.9. The largest absolute Gasteiger partial charge is 0.310 e. The van der Waals surface area contributed by atoms with Crippen molar-refractivity contribution in [2.45, 2.75) is 56.7 Å². The third kappa shape index (κ3) is 3.01. The second-order valence-electron chi connectivity index (χ2n) is 4.61. The third-order valence-electron chi connectivity index (χ3n) is 3.49. The van der Waals surface area contributed by atoms with Gasteiger partial charge in [0.2, 0.25) is 0 Å². The predicted octanol–water partition coefficient (Wildman–Crippen LogP) is 3.36. The smallest absolute Gasteiger partial charge is 0.0399 e. The van der Waals surface area contributed by atoms with Crippen molar-refractivity contribution < 1.29 is 0 Å². The van der Waals surface area contributed by atoms with Crippen LogP contribution in [0.2, 0.25) is 0 Å². The van der Waals surface area contributed by atoms with Crippen LogP contribution in [0.15, 0.2) is 11.6 Å². The highest BCUT2D eigenvalue weighted by Gasteiger charge is 2.27. The van der Waals surface area contributed by atoms with Crippen LogP contribution in [0.3, 0.4) is 0 Å². The lowest BCUT2D eigenvalue weighted by molar-refractivity contribution is 0.518. The van der Waals surface area contributed by atoms with E-state index < -0.39 is 0 Å². The summed E-state index contributed by atoms with van der Waals surface area (Å²) in [4.78, 5) is 0. The number of hydrogen-bond acceptors (Lipinski definition) is 2. The van der Waals surface area contributed by atoms with Gasteiger partial charge in [0, 0.05) is 11.3 Å². The van der Waals surface area contributed by atoms with Gasteiger partial charge in [-0.3, -0.25) is 0 Å². The van der Waals surface area contributed by atoms with E-state index in [-0.39, 0.29) is 0 Å². The van der Waals surface area contributed by atoms with Gasteiger partial charge in [0.15, 0.2) is 0 Å². The maximum Gasteiger partial charge on any atom is 0.0399 e. The highest BCUT2D eigenvalue weighted by molar-refractivity contribution is 8.00. The van der Waals surface area contributed by atoms with Crippen molar-refractivity contribution in [2.75, 3.05) is 12.3 Å². The number of likely N-dealkylation sites (N-methyl/N-ethyl adjacent to an activating group) is 1. The fourth-order valence-electron chi connectivity index (χ4n) is 2.73. The van der Waals surface area contributed by atoms with Crippen molar-refractivity contribution in [1.82, 2.24) is 5.32 Å². The Morgan fingerprint density at radius 1 is 1.47 bits per heavy atom. The van der Waals surface area contributed by atoms with E-state index in [1.807, 2.05) is 0 Å². The molecule has 86 valence electrons. The molecule has 0 aromatic carbocycles. The first-order valence-electron chi connectivity index (χ1n) is 6.45. The molecule has 2 atom stereocenters. The van der Waals surface area contributed by atoms with Crippen LogP contribution in [-0.2, 0) is 0 Å². The molecule has 1 nitrogen and oxygen atoms in total. The molecule has 2 aliphatic rings. The number of rotatable bonds is 4. The average molecular weight is 225 g/mol. The first-order valence-corrected chi connectivity index (χ1v) is 7.50. The van der Waals surface area contributed by atoms with Gasteiger partial charge in [-0.15, -0.1) is 0 Å². The topological polar surface area (TPSA) is 12.0 Å². The second-order valence-corrected chi connectivity index (χ2v) is 5.96. The Morgan fingerprint density at radius 2 is 2.40 bits per heavy atom. The van der Waals surface area contributed by atoms with Gasteiger partial charge in [-0.05, 0) is 50.8 Å². The van der Waals surface area contributed by atoms with Gasteiger partial charge >= 0.3 is 0 Å². The summed E-state index contributed by atoms with van der Waals surface area (Å²) < 4.78 is 0. The van der Waals surface area contributed by atoms with Crippen molar-refractivity contribution in [3.8, 4) is 0 Å². The molecule has 0 amide bonds. The predicted molar refractivity (Wildman–Crippen MR) is 69.5 cm³/mol. The van der Waals surface area contributed by atoms with Gasteiger partial charge in [0.25, 0.3) is 0 Å². The number of thioether (sulfide) groups is 1. The summed E-state index contributed by atoms with van der Waals surface area (Å²) in [5.41, 5.74) is 1.71. The summed E-state index contributed by atoms with van der Waals surface area (Å²) >= 11 is 2.18. The molecule has 1 aliphatic heterocycles. The van der Waals surface area contributed by atoms with Crippen molar-refractivity contribution >= 4 is 11.8 Å². The quantitative estimate of drug-likeness (QED) is 0.736. The zero-order chi connectivity index (χ0) is 10.5. The Bertz CT molecular complexity index is 219. The first-order chi connectivity index (χ1) is 7.42. The summed E-state index contributed by atoms with van der Waals surface area (Å²) in [7, 11) is 0. The molecule has 0 aromatic heterocycles. The molecular formula is C13H23NS. The van der Waals surface area contributed by atoms with E-state index in [0.29, 0.717) is 6.04 Å². The summed E-state index contributed by atoms with van der Waals surface area (Å²) in [6.07, 6.45) is 10.8. The van der Waals surface area contributed by atoms with Crippen LogP contribution in [0.25, 0.3) is 0 Å². The summed E-state index contributed by atoms with van der Waals surface area (Å²) in [5.74, 6) is 1.37. The molecule has 1 fully saturated rings. The first kappa shape index (κ1) is 11.5. The molecule has 2 rings (SSSR count). The number of nitrogens with one attached hydrogen (secondary N) is 1. The molecule has 15 heavy (non-hydrogen) atoms. The highest BCUT2D eigenvalue weighted by atomic mass is 32.2. The zero-order valence-corrected chi connectivity index (χ0v) is 10.6. The van der Waals surface area contributed by atoms with Gasteiger partial charge in [0.1, 0.15) is 0 Å². The standard InChI is InChI=1S/C13H23NS/c1-2-14-13(12-9-6-10-15-12)11-7-4-3-5-8-11/h7,12-14H,2-6,8-10H2,1H3. The summed E-state index contributed by atoms with van der Waals surface area (Å²) in [5, 5.41) is 4.56. The minimum Gasteiger partial charge on any atom is -0.310 e. The molecule has 2 heteroatoms. The monoisotopic (exact) mass is 225 g/mol. The lowest BCUT2D eigenvalue weighted by Crippen LogP contribution is -2.39. The van der Waals surface area contributed by atoms with Crippen LogP contribution in [-0.4, -0.2) is 23.6 Å². The molecule has 0 saturated carbocycles. The molecule has 0 aromatic rings. The van der Waals surface area contributed by atoms with E-state index in [1.165, 1.54) is 44.3 Å². The van der Waals surface area contributed by atoms with Gasteiger partial charge < -0.3 is 5.32 Å². The minimum atomic E-state index is 0.683. The number of hydrogen-bond donors (Lipinski definition) is 1. The fraction of sp³-hybridized carbons (Fsp3) is 0.846. The molecule has 1 heterocycles. The van der Waals surface area contributed by atoms with Gasteiger partial charge in [-0.1, -0.05) is 18.6 Å². The second kappa shape index (κ2) is 5.95. The van der Waals surface area contributed by atoms with Gasteiger partial charge in [0.05, 0.1) is 0 Å². The molecule has 0 bridgehead atoms. The SMILES string of the molecule is CCNC(C1=CCCCC1)C1CCCS1. The van der Waals surface area contributed by atoms with E-state index in [2.05, 4.69) is 30.1 Å². The van der Waals surface area contributed by atoms with Crippen molar-refractivity contribution in [3.63, 3.8) is 0 Å². The Hall–Kier alpha value is 0.0500. The maximum absolute atomic E-state index is 3.71. The molecule has 1 saturated heterocycles. The average Bonchev–Trinajstić information content (AvgIpc) is 2.80. The van der Waals surface area contributed by atoms with Crippen LogP contribution < -0.4 is 5.32 Å². The van der Waals surface area contributed by atoms with Gasteiger partial charge in [-0.25, -0.2) is 0 Å². The van der Waals surface area contributed by atoms with Crippen LogP contribution >= 0.6 is 11.8 Å². The van der Waals surface area contributed by atoms with Crippen LogP contribution in [0.4, 0.5) is 0 Å². The van der Waals surface area contributed by atoms with Crippen LogP contribution in [0.5, 0.6) is 0 Å². The van der Waals surface area contributed by atoms with E-state index in [4.69, 9.17) is 0 Å². The molecule has 1 N–H and O–H groups in total. The molecule has 1 aliphatic carbocycles. The lowest BCUT2D eigenvalue weighted by atomic mass is 9.91. The summed E-state index contributed by atoms with van der Waals surface area (Å²) in [6, 6.07) is 0.683. The van der Waals surface area contributed by atoms with Gasteiger partial charge in [-0.2, -0.15) is 11.8 Å². The lowest BCUT2D eigenvalue weighted by Gasteiger charge is -2.28. The third-order valence-corrected chi connectivity index (χ3v) is 4.95. The molecule has 0 spiro atoms. The highest BCUT2D eigenvalue weighted by Crippen LogP contribution is 2.34. The van der Waals surface area contributed by atoms with Crippen molar-refractivity contribution in [3.05, 3.63) is 11.6 Å². The number of allylic oxidation sites excluding steroid dienone is 1.